The summed E-state index contributed by atoms with van der Waals surface area (Å²) in [5.74, 6) is -47.6. The Balaban J connectivity index is 3.47. The normalized spacial score (nSPS) is 28.0. The first-order chi connectivity index (χ1) is 11.2. The Hall–Kier alpha value is -1.90. The zero-order chi connectivity index (χ0) is 21.3. The maximum atomic E-state index is 13.6. The Morgan fingerprint density at radius 3 is 1.46 bits per heavy atom. The summed E-state index contributed by atoms with van der Waals surface area (Å²) in [5.41, 5.74) is -5.64. The van der Waals surface area contributed by atoms with Gasteiger partial charge in [0.15, 0.2) is 6.17 Å². The third kappa shape index (κ3) is 2.25. The van der Waals surface area contributed by atoms with Crippen LogP contribution in [0.4, 0.5) is 52.7 Å². The van der Waals surface area contributed by atoms with Gasteiger partial charge in [0.2, 0.25) is 5.67 Å². The second kappa shape index (κ2) is 5.31. The van der Waals surface area contributed by atoms with Gasteiger partial charge in [-0.2, -0.15) is 43.9 Å². The monoisotopic (exact) mass is 416 g/mol. The molecule has 0 radical (unpaired) electrons. The fourth-order valence-corrected chi connectivity index (χ4v) is 2.03. The average Bonchev–Trinajstić information content (AvgIpc) is 3.02. The van der Waals surface area contributed by atoms with E-state index in [9.17, 15) is 62.3 Å². The summed E-state index contributed by atoms with van der Waals surface area (Å²) in [6, 6.07) is 0. The second-order valence-electron chi connectivity index (χ2n) is 5.18. The molecule has 1 fully saturated rings. The van der Waals surface area contributed by atoms with Gasteiger partial charge in [-0.3, -0.25) is 0 Å². The van der Waals surface area contributed by atoms with Crippen molar-refractivity contribution in [2.75, 3.05) is 0 Å². The summed E-state index contributed by atoms with van der Waals surface area (Å²) in [5, 5.41) is 15.7. The molecule has 0 aromatic heterocycles. The van der Waals surface area contributed by atoms with Crippen LogP contribution >= 0.6 is 0 Å². The highest BCUT2D eigenvalue weighted by molar-refractivity contribution is 5.79. The number of hydrogen-bond donors (Lipinski definition) is 2. The summed E-state index contributed by atoms with van der Waals surface area (Å²) in [6.07, 6.45) is -4.47. The standard InChI is InChI=1S/C10H4F12O4/c11-2-1(5(2,12)7(15,16)3(23)24)6(13,14)9(19,20)10(21,22)8(17,18)4(25)26/h1-2H,(H,23,24)(H,25,26). The van der Waals surface area contributed by atoms with Crippen molar-refractivity contribution in [3.63, 3.8) is 0 Å². The predicted molar refractivity (Wildman–Crippen MR) is 52.2 cm³/mol. The number of carbonyl (C=O) groups is 2. The van der Waals surface area contributed by atoms with Crippen LogP contribution in [0.15, 0.2) is 0 Å². The molecule has 0 aromatic rings. The van der Waals surface area contributed by atoms with Crippen molar-refractivity contribution in [3.8, 4) is 0 Å². The van der Waals surface area contributed by atoms with Crippen LogP contribution in [-0.2, 0) is 9.59 Å². The highest BCUT2D eigenvalue weighted by Crippen LogP contribution is 2.69. The lowest BCUT2D eigenvalue weighted by Crippen LogP contribution is -2.66. The molecule has 0 bridgehead atoms. The van der Waals surface area contributed by atoms with Gasteiger partial charge in [-0.25, -0.2) is 18.4 Å². The molecule has 1 saturated carbocycles. The van der Waals surface area contributed by atoms with Crippen LogP contribution < -0.4 is 0 Å². The quantitative estimate of drug-likeness (QED) is 0.626. The summed E-state index contributed by atoms with van der Waals surface area (Å²) in [4.78, 5) is 20.0. The summed E-state index contributed by atoms with van der Waals surface area (Å²) in [7, 11) is 0. The number of carboxylic acids is 2. The maximum Gasteiger partial charge on any atom is 0.410 e. The van der Waals surface area contributed by atoms with Gasteiger partial charge in [-0.05, 0) is 0 Å². The molecule has 0 heterocycles. The average molecular weight is 416 g/mol. The van der Waals surface area contributed by atoms with E-state index in [1.165, 1.54) is 0 Å². The molecule has 0 spiro atoms. The van der Waals surface area contributed by atoms with Crippen molar-refractivity contribution in [3.05, 3.63) is 0 Å². The summed E-state index contributed by atoms with van der Waals surface area (Å²) < 4.78 is 157. The molecule has 1 aliphatic rings. The number of aliphatic carboxylic acids is 2. The Kier molecular flexibility index (Phi) is 4.52. The summed E-state index contributed by atoms with van der Waals surface area (Å²) >= 11 is 0. The maximum absolute atomic E-state index is 13.6. The lowest BCUT2D eigenvalue weighted by Gasteiger charge is -2.35. The molecule has 2 N–H and O–H groups in total. The summed E-state index contributed by atoms with van der Waals surface area (Å²) in [6.45, 7) is 0. The van der Waals surface area contributed by atoms with E-state index in [1.54, 1.807) is 0 Å². The Morgan fingerprint density at radius 1 is 0.769 bits per heavy atom. The van der Waals surface area contributed by atoms with Crippen molar-refractivity contribution < 1.29 is 72.5 Å². The van der Waals surface area contributed by atoms with E-state index < -0.39 is 59.3 Å². The van der Waals surface area contributed by atoms with Crippen molar-refractivity contribution in [2.24, 2.45) is 5.92 Å². The van der Waals surface area contributed by atoms with Crippen molar-refractivity contribution in [2.45, 2.75) is 41.5 Å². The van der Waals surface area contributed by atoms with E-state index in [0.717, 1.165) is 0 Å². The molecule has 4 nitrogen and oxygen atoms in total. The molecule has 0 aromatic carbocycles. The van der Waals surface area contributed by atoms with Gasteiger partial charge < -0.3 is 10.2 Å². The minimum atomic E-state index is -7.57. The highest BCUT2D eigenvalue weighted by Gasteiger charge is 2.96. The number of carboxylic acid groups (broad SMARTS) is 2. The van der Waals surface area contributed by atoms with Gasteiger partial charge in [0.25, 0.3) is 0 Å². The Bertz CT molecular complexity index is 632. The first-order valence-electron chi connectivity index (χ1n) is 5.85. The predicted octanol–water partition coefficient (Wildman–Crippen LogP) is 3.01. The van der Waals surface area contributed by atoms with E-state index in [1.807, 2.05) is 0 Å². The largest absolute Gasteiger partial charge is 0.477 e. The topological polar surface area (TPSA) is 74.6 Å². The molecule has 1 aliphatic carbocycles. The molecule has 0 amide bonds. The van der Waals surface area contributed by atoms with E-state index in [2.05, 4.69) is 0 Å². The van der Waals surface area contributed by atoms with Gasteiger partial charge in [-0.1, -0.05) is 0 Å². The molecule has 3 unspecified atom stereocenters. The highest BCUT2D eigenvalue weighted by atomic mass is 19.4. The van der Waals surface area contributed by atoms with Crippen molar-refractivity contribution in [1.82, 2.24) is 0 Å². The van der Waals surface area contributed by atoms with Crippen LogP contribution in [0.2, 0.25) is 0 Å². The molecular formula is C10H4F12O4. The smallest absolute Gasteiger partial charge is 0.410 e. The first-order valence-corrected chi connectivity index (χ1v) is 5.85. The lowest BCUT2D eigenvalue weighted by atomic mass is 9.93. The second-order valence-corrected chi connectivity index (χ2v) is 5.18. The third-order valence-corrected chi connectivity index (χ3v) is 3.65. The number of halogens is 12. The van der Waals surface area contributed by atoms with E-state index in [-0.39, 0.29) is 0 Å². The Labute approximate surface area is 133 Å². The van der Waals surface area contributed by atoms with Crippen LogP contribution in [-0.4, -0.2) is 63.6 Å². The van der Waals surface area contributed by atoms with Crippen LogP contribution in [0.5, 0.6) is 0 Å². The van der Waals surface area contributed by atoms with Crippen LogP contribution in [0.3, 0.4) is 0 Å². The lowest BCUT2D eigenvalue weighted by molar-refractivity contribution is -0.366. The molecule has 16 heteroatoms. The van der Waals surface area contributed by atoms with Crippen molar-refractivity contribution >= 4 is 11.9 Å². The van der Waals surface area contributed by atoms with E-state index in [0.29, 0.717) is 0 Å². The molecule has 0 aliphatic heterocycles. The Morgan fingerprint density at radius 2 is 1.15 bits per heavy atom. The van der Waals surface area contributed by atoms with Crippen LogP contribution in [0.25, 0.3) is 0 Å². The van der Waals surface area contributed by atoms with Crippen molar-refractivity contribution in [1.29, 1.82) is 0 Å². The zero-order valence-corrected chi connectivity index (χ0v) is 11.4. The molecule has 0 saturated heterocycles. The van der Waals surface area contributed by atoms with Gasteiger partial charge >= 0.3 is 41.6 Å². The van der Waals surface area contributed by atoms with Gasteiger partial charge in [-0.15, -0.1) is 0 Å². The van der Waals surface area contributed by atoms with Gasteiger partial charge in [0.1, 0.15) is 5.92 Å². The van der Waals surface area contributed by atoms with E-state index >= 15 is 0 Å². The fraction of sp³-hybridized carbons (Fsp3) is 0.800. The third-order valence-electron chi connectivity index (χ3n) is 3.65. The van der Waals surface area contributed by atoms with Crippen LogP contribution in [0.1, 0.15) is 0 Å². The molecular weight excluding hydrogens is 412 g/mol. The first kappa shape index (κ1) is 22.1. The molecule has 3 atom stereocenters. The van der Waals surface area contributed by atoms with Gasteiger partial charge in [0, 0.05) is 0 Å². The number of rotatable bonds is 7. The number of alkyl halides is 12. The minimum Gasteiger partial charge on any atom is -0.477 e. The molecule has 26 heavy (non-hydrogen) atoms. The minimum absolute atomic E-state index is 3.63. The van der Waals surface area contributed by atoms with Gasteiger partial charge in [0.05, 0.1) is 0 Å². The van der Waals surface area contributed by atoms with E-state index in [4.69, 9.17) is 10.2 Å². The number of hydrogen-bond acceptors (Lipinski definition) is 2. The SMILES string of the molecule is O=C(O)C(F)(F)C1(F)C(F)C1C(F)(F)C(F)(F)C(F)(F)C(F)(F)C(=O)O. The molecule has 152 valence electrons. The van der Waals surface area contributed by atoms with Crippen LogP contribution in [0, 0.1) is 5.92 Å². The molecule has 1 rings (SSSR count). The fourth-order valence-electron chi connectivity index (χ4n) is 2.03. The zero-order valence-electron chi connectivity index (χ0n) is 11.4.